The Balaban J connectivity index is 0.604. The van der Waals surface area contributed by atoms with E-state index >= 15 is 0 Å². The number of fused-ring (bicyclic) bond motifs is 3. The third-order valence-electron chi connectivity index (χ3n) is 15.9. The summed E-state index contributed by atoms with van der Waals surface area (Å²) in [4.78, 5) is 76.5. The van der Waals surface area contributed by atoms with Gasteiger partial charge in [0.05, 0.1) is 51.5 Å². The van der Waals surface area contributed by atoms with Crippen LogP contribution in [0.4, 0.5) is 16.6 Å². The Kier molecular flexibility index (Phi) is 13.4. The molecular weight excluding hydrogens is 979 g/mol. The Morgan fingerprint density at radius 3 is 2.50 bits per heavy atom. The van der Waals surface area contributed by atoms with Crippen LogP contribution in [0.1, 0.15) is 94.1 Å². The van der Waals surface area contributed by atoms with Crippen molar-refractivity contribution in [2.45, 2.75) is 88.9 Å². The number of anilines is 3. The molecule has 4 fully saturated rings. The molecule has 2 saturated heterocycles. The maximum absolute atomic E-state index is 13.6. The van der Waals surface area contributed by atoms with Gasteiger partial charge < -0.3 is 19.6 Å². The second-order valence-electron chi connectivity index (χ2n) is 20.9. The second-order valence-corrected chi connectivity index (χ2v) is 21.9. The smallest absolute Gasteiger partial charge is 0.355 e. The molecule has 18 heteroatoms. The first-order valence-electron chi connectivity index (χ1n) is 26.4. The van der Waals surface area contributed by atoms with Crippen LogP contribution in [0, 0.1) is 12.8 Å². The van der Waals surface area contributed by atoms with Crippen LogP contribution in [0.25, 0.3) is 32.2 Å². The van der Waals surface area contributed by atoms with Gasteiger partial charge in [0.1, 0.15) is 11.6 Å². The quantitative estimate of drug-likeness (QED) is 0.0735. The van der Waals surface area contributed by atoms with Crippen LogP contribution in [-0.4, -0.2) is 117 Å². The van der Waals surface area contributed by atoms with Crippen LogP contribution in [0.5, 0.6) is 5.75 Å². The number of carbonyl (C=O) groups is 4. The van der Waals surface area contributed by atoms with E-state index in [0.717, 1.165) is 125 Å². The summed E-state index contributed by atoms with van der Waals surface area (Å²) in [5.41, 5.74) is 8.42. The number of aromatic carboxylic acids is 1. The van der Waals surface area contributed by atoms with Crippen LogP contribution < -0.4 is 25.2 Å². The van der Waals surface area contributed by atoms with Gasteiger partial charge in [0.15, 0.2) is 10.8 Å². The zero-order valence-corrected chi connectivity index (χ0v) is 43.4. The molecule has 6 heterocycles. The van der Waals surface area contributed by atoms with Crippen molar-refractivity contribution in [3.8, 4) is 16.9 Å². The summed E-state index contributed by atoms with van der Waals surface area (Å²) in [6, 6.07) is 33.0. The maximum Gasteiger partial charge on any atom is 0.355 e. The number of carbonyl (C=O) groups excluding carboxylic acids is 3. The van der Waals surface area contributed by atoms with E-state index in [9.17, 15) is 24.3 Å². The highest BCUT2D eigenvalue weighted by molar-refractivity contribution is 7.22. The Morgan fingerprint density at radius 1 is 0.868 bits per heavy atom. The lowest BCUT2D eigenvalue weighted by atomic mass is 9.93. The normalized spacial score (nSPS) is 21.7. The van der Waals surface area contributed by atoms with Gasteiger partial charge in [0.2, 0.25) is 11.8 Å². The Bertz CT molecular complexity index is 3460. The standard InChI is InChI=1S/C58H59N11O6S/c1-34-28-40(15-17-41(34)42-18-20-51(62-54(42)57(73)74)69-23-22-35-6-5-7-43(46(35)32-69)55(71)64-58-61-47-8-3-4-9-50(47)76-58)75-39-13-10-37(11-14-39)59-33-60-48-29-36(48)31-67-24-26-68(27-25-67)38-12-16-44-49(30-38)66(2)65-53(44)45-19-21-52(70)63-56(45)72/h3-9,12,15-18,20,28,30,36-37,39,45,48H,10-11,13-14,19,21-27,29,31-32H2,1-2H3,(H,73,74)(H,61,64,71)(H,63,70,72)/t36-,37?,39?,45?,48?/m0/s1. The number of aliphatic imine (C=N–C) groups is 2. The highest BCUT2D eigenvalue weighted by Crippen LogP contribution is 2.38. The monoisotopic (exact) mass is 1040 g/mol. The van der Waals surface area contributed by atoms with Gasteiger partial charge in [-0.2, -0.15) is 5.10 Å². The number of piperidine rings is 1. The number of nitrogens with zero attached hydrogens (tertiary/aromatic N) is 9. The highest BCUT2D eigenvalue weighted by atomic mass is 32.1. The van der Waals surface area contributed by atoms with Crippen molar-refractivity contribution in [3.63, 3.8) is 0 Å². The molecule has 388 valence electrons. The van der Waals surface area contributed by atoms with Crippen LogP contribution in [0.3, 0.4) is 0 Å². The highest BCUT2D eigenvalue weighted by Gasteiger charge is 2.39. The van der Waals surface area contributed by atoms with E-state index in [2.05, 4.69) is 49.6 Å². The molecule has 5 aliphatic rings. The van der Waals surface area contributed by atoms with E-state index in [1.165, 1.54) is 11.3 Å². The minimum Gasteiger partial charge on any atom is -0.490 e. The van der Waals surface area contributed by atoms with Gasteiger partial charge in [0.25, 0.3) is 5.91 Å². The third-order valence-corrected chi connectivity index (χ3v) is 16.8. The maximum atomic E-state index is 13.6. The molecule has 3 aromatic heterocycles. The lowest BCUT2D eigenvalue weighted by Crippen LogP contribution is -2.47. The fraction of sp³-hybridized carbons (Fsp3) is 0.379. The zero-order chi connectivity index (χ0) is 52.0. The molecule has 3 aliphatic heterocycles. The molecule has 76 heavy (non-hydrogen) atoms. The lowest BCUT2D eigenvalue weighted by molar-refractivity contribution is -0.134. The van der Waals surface area contributed by atoms with Crippen LogP contribution in [0.2, 0.25) is 0 Å². The summed E-state index contributed by atoms with van der Waals surface area (Å²) in [7, 11) is 1.91. The number of ether oxygens (including phenoxy) is 1. The number of rotatable bonds is 13. The minimum atomic E-state index is -1.11. The average Bonchev–Trinajstić information content (AvgIpc) is 3.91. The molecule has 17 nitrogen and oxygen atoms in total. The molecule has 3 amide bonds. The molecule has 2 aliphatic carbocycles. The van der Waals surface area contributed by atoms with Crippen molar-refractivity contribution in [3.05, 3.63) is 125 Å². The predicted molar refractivity (Wildman–Crippen MR) is 293 cm³/mol. The second kappa shape index (κ2) is 20.7. The number of amides is 3. The number of carboxylic acids is 1. The van der Waals surface area contributed by atoms with E-state index in [1.54, 1.807) is 0 Å². The van der Waals surface area contributed by atoms with E-state index in [-0.39, 0.29) is 41.6 Å². The van der Waals surface area contributed by atoms with Gasteiger partial charge in [0, 0.05) is 81.5 Å². The van der Waals surface area contributed by atoms with Gasteiger partial charge in [-0.1, -0.05) is 41.7 Å². The molecule has 0 spiro atoms. The average molecular weight is 1040 g/mol. The largest absolute Gasteiger partial charge is 0.490 e. The topological polar surface area (TPSA) is 200 Å². The van der Waals surface area contributed by atoms with Gasteiger partial charge in [-0.15, -0.1) is 0 Å². The number of hydrogen-bond acceptors (Lipinski definition) is 14. The lowest BCUT2D eigenvalue weighted by Gasteiger charge is -2.36. The van der Waals surface area contributed by atoms with Crippen molar-refractivity contribution in [2.75, 3.05) is 54.4 Å². The molecule has 0 bridgehead atoms. The number of aryl methyl sites for hydroxylation is 2. The number of para-hydroxylation sites is 1. The number of benzene rings is 4. The van der Waals surface area contributed by atoms with Crippen molar-refractivity contribution in [1.29, 1.82) is 0 Å². The number of nitrogens with one attached hydrogen (secondary N) is 2. The number of piperazine rings is 1. The van der Waals surface area contributed by atoms with Crippen LogP contribution in [0.15, 0.2) is 101 Å². The fourth-order valence-corrected chi connectivity index (χ4v) is 12.4. The first-order valence-corrected chi connectivity index (χ1v) is 27.3. The molecule has 0 radical (unpaired) electrons. The predicted octanol–water partition coefficient (Wildman–Crippen LogP) is 8.66. The summed E-state index contributed by atoms with van der Waals surface area (Å²) < 4.78 is 9.33. The van der Waals surface area contributed by atoms with Crippen molar-refractivity contribution in [1.82, 2.24) is 30.0 Å². The summed E-state index contributed by atoms with van der Waals surface area (Å²) >= 11 is 1.43. The number of imide groups is 1. The van der Waals surface area contributed by atoms with E-state index in [1.807, 2.05) is 96.3 Å². The molecule has 2 saturated carbocycles. The molecule has 4 aromatic carbocycles. The summed E-state index contributed by atoms with van der Waals surface area (Å²) in [5.74, 6) is -0.418. The Morgan fingerprint density at radius 2 is 1.70 bits per heavy atom. The van der Waals surface area contributed by atoms with Gasteiger partial charge in [-0.25, -0.2) is 24.7 Å². The van der Waals surface area contributed by atoms with E-state index in [0.29, 0.717) is 60.3 Å². The molecule has 3 N–H and O–H groups in total. The SMILES string of the molecule is Cc1cc(OC2CCC(N=C=NC3C[C@H]3CN3CCN(c4ccc5c(C6CCC(=O)NC6=O)nn(C)c5c4)CC3)CC2)ccc1-c1ccc(N2CCc3cccc(C(=O)Nc4nc5ccccc5s4)c3C2)nc1C(=O)O. The molecule has 3 atom stereocenters. The molecule has 2 unspecified atom stereocenters. The Hall–Kier alpha value is -7.79. The van der Waals surface area contributed by atoms with Crippen molar-refractivity contribution < 1.29 is 29.0 Å². The summed E-state index contributed by atoms with van der Waals surface area (Å²) in [6.07, 6.45) is 6.17. The van der Waals surface area contributed by atoms with Crippen molar-refractivity contribution >= 4 is 78.8 Å². The van der Waals surface area contributed by atoms with Gasteiger partial charge in [-0.3, -0.25) is 34.6 Å². The fourth-order valence-electron chi connectivity index (χ4n) is 11.6. The molecule has 12 rings (SSSR count). The number of hydrogen-bond donors (Lipinski definition) is 3. The summed E-state index contributed by atoms with van der Waals surface area (Å²) in [5, 5.41) is 22.1. The Labute approximate surface area is 443 Å². The number of aromatic nitrogens is 4. The van der Waals surface area contributed by atoms with Crippen LogP contribution >= 0.6 is 11.3 Å². The van der Waals surface area contributed by atoms with E-state index < -0.39 is 11.9 Å². The number of thiazole rings is 1. The van der Waals surface area contributed by atoms with E-state index in [4.69, 9.17) is 24.8 Å². The molecule has 7 aromatic rings. The number of carboxylic acid groups (broad SMARTS) is 1. The number of pyridine rings is 1. The zero-order valence-electron chi connectivity index (χ0n) is 42.6. The first kappa shape index (κ1) is 49.1. The van der Waals surface area contributed by atoms with Crippen LogP contribution in [-0.2, 0) is 29.6 Å². The summed E-state index contributed by atoms with van der Waals surface area (Å²) in [6.45, 7) is 7.86. The third kappa shape index (κ3) is 10.2. The van der Waals surface area contributed by atoms with Gasteiger partial charge in [-0.05, 0) is 141 Å². The minimum absolute atomic E-state index is 0.0286. The first-order chi connectivity index (χ1) is 37.0. The van der Waals surface area contributed by atoms with Crippen molar-refractivity contribution in [2.24, 2.45) is 23.0 Å². The van der Waals surface area contributed by atoms with Gasteiger partial charge >= 0.3 is 5.97 Å². The molecular formula is C58H59N11O6S.